The fourth-order valence-corrected chi connectivity index (χ4v) is 2.61. The van der Waals surface area contributed by atoms with Crippen molar-refractivity contribution in [1.82, 2.24) is 5.32 Å². The van der Waals surface area contributed by atoms with Gasteiger partial charge in [0.25, 0.3) is 0 Å². The average molecular weight is 307 g/mol. The lowest BCUT2D eigenvalue weighted by molar-refractivity contribution is -0.118. The first-order valence-electron chi connectivity index (χ1n) is 6.63. The molecule has 1 heterocycles. The Balaban J connectivity index is 2.19. The van der Waals surface area contributed by atoms with Crippen molar-refractivity contribution in [3.63, 3.8) is 0 Å². The van der Waals surface area contributed by atoms with Crippen LogP contribution < -0.4 is 5.32 Å². The minimum atomic E-state index is -1.62. The zero-order chi connectivity index (χ0) is 15.4. The topological polar surface area (TPSA) is 82.7 Å². The molecule has 0 aliphatic carbocycles. The molecule has 0 unspecified atom stereocenters. The number of thioether (sulfide) groups is 1. The van der Waals surface area contributed by atoms with Gasteiger partial charge < -0.3 is 19.8 Å². The fraction of sp³-hybridized carbons (Fsp3) is 0.357. The second-order valence-electron chi connectivity index (χ2n) is 4.94. The number of rotatable bonds is 6. The molecule has 0 bridgehead atoms. The molecule has 0 fully saturated rings. The average Bonchev–Trinajstić information content (AvgIpc) is 2.83. The van der Waals surface area contributed by atoms with Crippen LogP contribution >= 0.6 is 11.8 Å². The summed E-state index contributed by atoms with van der Waals surface area (Å²) in [5.74, 6) is -0.690. The van der Waals surface area contributed by atoms with E-state index < -0.39 is 13.1 Å². The van der Waals surface area contributed by atoms with Crippen LogP contribution in [0, 0.1) is 6.92 Å². The highest BCUT2D eigenvalue weighted by molar-refractivity contribution is 7.99. The van der Waals surface area contributed by atoms with Gasteiger partial charge in [0.2, 0.25) is 5.91 Å². The molecular weight excluding hydrogens is 289 g/mol. The molecule has 0 aliphatic heterocycles. The Morgan fingerprint density at radius 3 is 2.90 bits per heavy atom. The Morgan fingerprint density at radius 1 is 1.48 bits per heavy atom. The van der Waals surface area contributed by atoms with Crippen molar-refractivity contribution in [2.24, 2.45) is 0 Å². The van der Waals surface area contributed by atoms with Crippen LogP contribution in [0.2, 0.25) is 0 Å². The van der Waals surface area contributed by atoms with Gasteiger partial charge in [0, 0.05) is 5.39 Å². The molecule has 7 heteroatoms. The summed E-state index contributed by atoms with van der Waals surface area (Å²) in [5, 5.41) is 22.5. The van der Waals surface area contributed by atoms with E-state index in [1.165, 1.54) is 11.8 Å². The summed E-state index contributed by atoms with van der Waals surface area (Å²) in [4.78, 5) is 11.6. The summed E-state index contributed by atoms with van der Waals surface area (Å²) in [6.45, 7) is 1.95. The molecule has 112 valence electrons. The van der Waals surface area contributed by atoms with Gasteiger partial charge in [0.1, 0.15) is 5.58 Å². The standard InChI is InChI=1S/C14H18BNO4S/c1-9-4-3-5-11-10(7-20-14(9)11)6-12(15(18)19)16-13(17)8-21-2/h3-5,7,12,18-19H,6,8H2,1-2H3,(H,16,17)/t12-/m1/s1. The quantitative estimate of drug-likeness (QED) is 0.697. The van der Waals surface area contributed by atoms with Gasteiger partial charge >= 0.3 is 7.12 Å². The molecule has 2 rings (SSSR count). The minimum Gasteiger partial charge on any atom is -0.464 e. The number of furan rings is 1. The van der Waals surface area contributed by atoms with Crippen molar-refractivity contribution in [3.8, 4) is 0 Å². The van der Waals surface area contributed by atoms with Crippen LogP contribution in [0.25, 0.3) is 11.0 Å². The van der Waals surface area contributed by atoms with E-state index in [2.05, 4.69) is 5.32 Å². The number of benzene rings is 1. The third kappa shape index (κ3) is 3.81. The number of nitrogens with one attached hydrogen (secondary N) is 1. The fourth-order valence-electron chi connectivity index (χ4n) is 2.26. The molecular formula is C14H18BNO4S. The van der Waals surface area contributed by atoms with E-state index in [4.69, 9.17) is 4.42 Å². The largest absolute Gasteiger partial charge is 0.475 e. The molecule has 0 radical (unpaired) electrons. The summed E-state index contributed by atoms with van der Waals surface area (Å²) in [6, 6.07) is 5.80. The van der Waals surface area contributed by atoms with Crippen LogP contribution in [0.15, 0.2) is 28.9 Å². The molecule has 0 saturated heterocycles. The molecule has 0 aliphatic rings. The second kappa shape index (κ2) is 7.02. The zero-order valence-electron chi connectivity index (χ0n) is 12.0. The SMILES string of the molecule is CSCC(=O)N[C@H](Cc1coc2c(C)cccc12)B(O)O. The van der Waals surface area contributed by atoms with Crippen molar-refractivity contribution in [3.05, 3.63) is 35.6 Å². The number of carbonyl (C=O) groups is 1. The van der Waals surface area contributed by atoms with Gasteiger partial charge in [0.15, 0.2) is 0 Å². The monoisotopic (exact) mass is 307 g/mol. The third-order valence-corrected chi connectivity index (χ3v) is 3.85. The molecule has 1 aromatic carbocycles. The highest BCUT2D eigenvalue weighted by Gasteiger charge is 2.26. The summed E-state index contributed by atoms with van der Waals surface area (Å²) in [5.41, 5.74) is 2.65. The van der Waals surface area contributed by atoms with E-state index in [1.807, 2.05) is 31.4 Å². The first-order valence-corrected chi connectivity index (χ1v) is 8.02. The van der Waals surface area contributed by atoms with Crippen LogP contribution in [0.4, 0.5) is 0 Å². The van der Waals surface area contributed by atoms with E-state index in [-0.39, 0.29) is 11.7 Å². The Labute approximate surface area is 127 Å². The molecule has 0 saturated carbocycles. The van der Waals surface area contributed by atoms with Crippen molar-refractivity contribution in [2.75, 3.05) is 12.0 Å². The van der Waals surface area contributed by atoms with Gasteiger partial charge in [-0.2, -0.15) is 11.8 Å². The van der Waals surface area contributed by atoms with Crippen molar-refractivity contribution in [1.29, 1.82) is 0 Å². The van der Waals surface area contributed by atoms with E-state index in [1.54, 1.807) is 6.26 Å². The lowest BCUT2D eigenvalue weighted by atomic mass is 9.76. The smallest absolute Gasteiger partial charge is 0.464 e. The van der Waals surface area contributed by atoms with E-state index in [0.29, 0.717) is 6.42 Å². The molecule has 1 atom stereocenters. The van der Waals surface area contributed by atoms with Gasteiger partial charge in [0.05, 0.1) is 18.0 Å². The Bertz CT molecular complexity index is 628. The number of fused-ring (bicyclic) bond motifs is 1. The lowest BCUT2D eigenvalue weighted by Gasteiger charge is -2.17. The maximum Gasteiger partial charge on any atom is 0.475 e. The Hall–Kier alpha value is -1.44. The van der Waals surface area contributed by atoms with Crippen LogP contribution in [0.5, 0.6) is 0 Å². The lowest BCUT2D eigenvalue weighted by Crippen LogP contribution is -2.48. The summed E-state index contributed by atoms with van der Waals surface area (Å²) in [6.07, 6.45) is 3.72. The van der Waals surface area contributed by atoms with Gasteiger partial charge in [-0.3, -0.25) is 4.79 Å². The highest BCUT2D eigenvalue weighted by atomic mass is 32.2. The van der Waals surface area contributed by atoms with Crippen molar-refractivity contribution < 1.29 is 19.3 Å². The summed E-state index contributed by atoms with van der Waals surface area (Å²) >= 11 is 1.38. The second-order valence-corrected chi connectivity index (χ2v) is 5.80. The number of hydrogen-bond acceptors (Lipinski definition) is 5. The first-order chi connectivity index (χ1) is 10.0. The van der Waals surface area contributed by atoms with Crippen LogP contribution in [0.3, 0.4) is 0 Å². The number of amides is 1. The molecule has 21 heavy (non-hydrogen) atoms. The van der Waals surface area contributed by atoms with Crippen molar-refractivity contribution >= 4 is 35.8 Å². The molecule has 1 aromatic heterocycles. The van der Waals surface area contributed by atoms with Crippen LogP contribution in [0.1, 0.15) is 11.1 Å². The molecule has 0 spiro atoms. The molecule has 5 nitrogen and oxygen atoms in total. The first kappa shape index (κ1) is 15.9. The highest BCUT2D eigenvalue weighted by Crippen LogP contribution is 2.25. The predicted octanol–water partition coefficient (Wildman–Crippen LogP) is 1.14. The summed E-state index contributed by atoms with van der Waals surface area (Å²) < 4.78 is 5.53. The van der Waals surface area contributed by atoms with Gasteiger partial charge in [-0.25, -0.2) is 0 Å². The molecule has 3 N–H and O–H groups in total. The van der Waals surface area contributed by atoms with Crippen LogP contribution in [-0.4, -0.2) is 41.0 Å². The van der Waals surface area contributed by atoms with E-state index >= 15 is 0 Å². The zero-order valence-corrected chi connectivity index (χ0v) is 12.8. The number of hydrogen-bond donors (Lipinski definition) is 3. The maximum absolute atomic E-state index is 11.6. The van der Waals surface area contributed by atoms with Crippen molar-refractivity contribution in [2.45, 2.75) is 19.3 Å². The Kier molecular flexibility index (Phi) is 5.33. The summed E-state index contributed by atoms with van der Waals surface area (Å²) in [7, 11) is -1.62. The van der Waals surface area contributed by atoms with E-state index in [9.17, 15) is 14.8 Å². The maximum atomic E-state index is 11.6. The molecule has 2 aromatic rings. The number of carbonyl (C=O) groups excluding carboxylic acids is 1. The third-order valence-electron chi connectivity index (χ3n) is 3.30. The van der Waals surface area contributed by atoms with Crippen LogP contribution in [-0.2, 0) is 11.2 Å². The normalized spacial score (nSPS) is 12.4. The number of para-hydroxylation sites is 1. The van der Waals surface area contributed by atoms with E-state index in [0.717, 1.165) is 22.1 Å². The van der Waals surface area contributed by atoms with Gasteiger partial charge in [-0.1, -0.05) is 18.2 Å². The minimum absolute atomic E-state index is 0.218. The number of aryl methyl sites for hydroxylation is 1. The van der Waals surface area contributed by atoms with Gasteiger partial charge in [-0.05, 0) is 30.7 Å². The molecule has 1 amide bonds. The predicted molar refractivity (Wildman–Crippen MR) is 85.2 cm³/mol. The Morgan fingerprint density at radius 2 is 2.24 bits per heavy atom. The van der Waals surface area contributed by atoms with Gasteiger partial charge in [-0.15, -0.1) is 0 Å².